The lowest BCUT2D eigenvalue weighted by Crippen LogP contribution is -2.55. The van der Waals surface area contributed by atoms with Crippen molar-refractivity contribution in [3.05, 3.63) is 35.2 Å². The average molecular weight is 274 g/mol. The average Bonchev–Trinajstić information content (AvgIpc) is 2.85. The molecule has 2 amide bonds. The van der Waals surface area contributed by atoms with Crippen molar-refractivity contribution in [2.75, 3.05) is 13.1 Å². The summed E-state index contributed by atoms with van der Waals surface area (Å²) in [6.45, 7) is 2.86. The standard InChI is InChI=1S/C14H14N2O2S/c1-9-13(17)15-6-7-16(9)14(18)11-8-19-12-5-3-2-4-10(11)12/h2-5,8-9H,6-7H2,1H3,(H,15,17). The molecule has 1 unspecified atom stereocenters. The van der Waals surface area contributed by atoms with Gasteiger partial charge in [-0.3, -0.25) is 9.59 Å². The first-order valence-corrected chi connectivity index (χ1v) is 7.11. The highest BCUT2D eigenvalue weighted by molar-refractivity contribution is 7.17. The normalized spacial score (nSPS) is 19.5. The Balaban J connectivity index is 1.97. The van der Waals surface area contributed by atoms with Gasteiger partial charge in [-0.25, -0.2) is 0 Å². The number of hydrogen-bond acceptors (Lipinski definition) is 3. The summed E-state index contributed by atoms with van der Waals surface area (Å²) in [6.07, 6.45) is 0. The van der Waals surface area contributed by atoms with Gasteiger partial charge in [0.05, 0.1) is 5.56 Å². The quantitative estimate of drug-likeness (QED) is 0.863. The van der Waals surface area contributed by atoms with Crippen LogP contribution in [0.1, 0.15) is 17.3 Å². The Kier molecular flexibility index (Phi) is 2.98. The summed E-state index contributed by atoms with van der Waals surface area (Å²) >= 11 is 1.56. The van der Waals surface area contributed by atoms with Crippen molar-refractivity contribution in [1.29, 1.82) is 0 Å². The van der Waals surface area contributed by atoms with Gasteiger partial charge in [-0.1, -0.05) is 18.2 Å². The number of piperazine rings is 1. The highest BCUT2D eigenvalue weighted by Gasteiger charge is 2.30. The van der Waals surface area contributed by atoms with Crippen molar-refractivity contribution in [2.45, 2.75) is 13.0 Å². The third kappa shape index (κ3) is 2.00. The molecule has 19 heavy (non-hydrogen) atoms. The second-order valence-electron chi connectivity index (χ2n) is 4.61. The molecule has 3 rings (SSSR count). The Hall–Kier alpha value is -1.88. The number of nitrogens with zero attached hydrogens (tertiary/aromatic N) is 1. The number of carbonyl (C=O) groups excluding carboxylic acids is 2. The zero-order valence-corrected chi connectivity index (χ0v) is 11.4. The van der Waals surface area contributed by atoms with E-state index in [-0.39, 0.29) is 11.8 Å². The third-order valence-electron chi connectivity index (χ3n) is 3.47. The van der Waals surface area contributed by atoms with Crippen molar-refractivity contribution in [3.8, 4) is 0 Å². The Labute approximate surface area is 115 Å². The maximum Gasteiger partial charge on any atom is 0.256 e. The fraction of sp³-hybridized carbons (Fsp3) is 0.286. The molecule has 0 aliphatic carbocycles. The van der Waals surface area contributed by atoms with Crippen LogP contribution in [0.5, 0.6) is 0 Å². The Morgan fingerprint density at radius 2 is 2.21 bits per heavy atom. The van der Waals surface area contributed by atoms with E-state index >= 15 is 0 Å². The topological polar surface area (TPSA) is 49.4 Å². The molecule has 2 aromatic rings. The van der Waals surface area contributed by atoms with E-state index < -0.39 is 6.04 Å². The summed E-state index contributed by atoms with van der Waals surface area (Å²) in [5.74, 6) is -0.140. The van der Waals surface area contributed by atoms with Gasteiger partial charge in [0, 0.05) is 28.6 Å². The van der Waals surface area contributed by atoms with Gasteiger partial charge >= 0.3 is 0 Å². The summed E-state index contributed by atoms with van der Waals surface area (Å²) in [5.41, 5.74) is 0.696. The van der Waals surface area contributed by atoms with Crippen LogP contribution in [-0.2, 0) is 4.79 Å². The number of thiophene rings is 1. The van der Waals surface area contributed by atoms with Crippen LogP contribution >= 0.6 is 11.3 Å². The number of fused-ring (bicyclic) bond motifs is 1. The molecule has 1 atom stereocenters. The van der Waals surface area contributed by atoms with Crippen molar-refractivity contribution in [1.82, 2.24) is 10.2 Å². The van der Waals surface area contributed by atoms with Crippen molar-refractivity contribution >= 4 is 33.2 Å². The maximum absolute atomic E-state index is 12.6. The molecule has 1 saturated heterocycles. The first-order chi connectivity index (χ1) is 9.18. The van der Waals surface area contributed by atoms with Crippen molar-refractivity contribution < 1.29 is 9.59 Å². The molecule has 0 spiro atoms. The van der Waals surface area contributed by atoms with Gasteiger partial charge in [0.2, 0.25) is 5.91 Å². The van der Waals surface area contributed by atoms with Crippen LogP contribution in [0.25, 0.3) is 10.1 Å². The minimum absolute atomic E-state index is 0.0557. The second kappa shape index (κ2) is 4.66. The fourth-order valence-corrected chi connectivity index (χ4v) is 3.29. The van der Waals surface area contributed by atoms with Gasteiger partial charge in [0.1, 0.15) is 6.04 Å². The fourth-order valence-electron chi connectivity index (χ4n) is 2.36. The van der Waals surface area contributed by atoms with E-state index in [9.17, 15) is 9.59 Å². The van der Waals surface area contributed by atoms with E-state index in [0.29, 0.717) is 18.7 Å². The zero-order chi connectivity index (χ0) is 13.4. The first-order valence-electron chi connectivity index (χ1n) is 6.23. The molecule has 2 heterocycles. The summed E-state index contributed by atoms with van der Waals surface area (Å²) in [4.78, 5) is 25.9. The number of rotatable bonds is 1. The molecule has 1 N–H and O–H groups in total. The lowest BCUT2D eigenvalue weighted by Gasteiger charge is -2.32. The summed E-state index contributed by atoms with van der Waals surface area (Å²) < 4.78 is 1.10. The molecular weight excluding hydrogens is 260 g/mol. The minimum atomic E-state index is -0.403. The molecule has 0 bridgehead atoms. The molecular formula is C14H14N2O2S. The van der Waals surface area contributed by atoms with Gasteiger partial charge < -0.3 is 10.2 Å². The van der Waals surface area contributed by atoms with Gasteiger partial charge in [0.25, 0.3) is 5.91 Å². The summed E-state index contributed by atoms with van der Waals surface area (Å²) in [6, 6.07) is 7.44. The molecule has 1 aromatic carbocycles. The third-order valence-corrected chi connectivity index (χ3v) is 4.43. The molecule has 4 nitrogen and oxygen atoms in total. The van der Waals surface area contributed by atoms with E-state index in [1.807, 2.05) is 29.6 Å². The van der Waals surface area contributed by atoms with Crippen LogP contribution in [0, 0.1) is 0 Å². The number of carbonyl (C=O) groups is 2. The van der Waals surface area contributed by atoms with Crippen LogP contribution in [-0.4, -0.2) is 35.8 Å². The molecule has 1 aliphatic heterocycles. The highest BCUT2D eigenvalue weighted by atomic mass is 32.1. The lowest BCUT2D eigenvalue weighted by atomic mass is 10.1. The van der Waals surface area contributed by atoms with Gasteiger partial charge in [-0.05, 0) is 13.0 Å². The van der Waals surface area contributed by atoms with Crippen LogP contribution < -0.4 is 5.32 Å². The number of amides is 2. The van der Waals surface area contributed by atoms with Crippen LogP contribution in [0.2, 0.25) is 0 Å². The van der Waals surface area contributed by atoms with Gasteiger partial charge in [-0.2, -0.15) is 0 Å². The van der Waals surface area contributed by atoms with E-state index in [4.69, 9.17) is 0 Å². The van der Waals surface area contributed by atoms with Gasteiger partial charge in [0.15, 0.2) is 0 Å². The molecule has 1 fully saturated rings. The predicted octanol–water partition coefficient (Wildman–Crippen LogP) is 1.86. The SMILES string of the molecule is CC1C(=O)NCCN1C(=O)c1csc2ccccc12. The maximum atomic E-state index is 12.6. The summed E-state index contributed by atoms with van der Waals surface area (Å²) in [5, 5.41) is 5.62. The molecule has 0 radical (unpaired) electrons. The smallest absolute Gasteiger partial charge is 0.256 e. The van der Waals surface area contributed by atoms with Crippen LogP contribution in [0.15, 0.2) is 29.6 Å². The molecule has 98 valence electrons. The number of benzene rings is 1. The monoisotopic (exact) mass is 274 g/mol. The van der Waals surface area contributed by atoms with E-state index in [0.717, 1.165) is 10.1 Å². The van der Waals surface area contributed by atoms with E-state index in [1.165, 1.54) is 0 Å². The second-order valence-corrected chi connectivity index (χ2v) is 5.52. The van der Waals surface area contributed by atoms with Crippen LogP contribution in [0.3, 0.4) is 0 Å². The Bertz CT molecular complexity index is 650. The Morgan fingerprint density at radius 3 is 3.05 bits per heavy atom. The van der Waals surface area contributed by atoms with Crippen LogP contribution in [0.4, 0.5) is 0 Å². The van der Waals surface area contributed by atoms with Crippen molar-refractivity contribution in [3.63, 3.8) is 0 Å². The van der Waals surface area contributed by atoms with Gasteiger partial charge in [-0.15, -0.1) is 11.3 Å². The predicted molar refractivity (Wildman–Crippen MR) is 75.3 cm³/mol. The molecule has 5 heteroatoms. The Morgan fingerprint density at radius 1 is 1.42 bits per heavy atom. The largest absolute Gasteiger partial charge is 0.353 e. The van der Waals surface area contributed by atoms with E-state index in [1.54, 1.807) is 23.2 Å². The lowest BCUT2D eigenvalue weighted by molar-refractivity contribution is -0.127. The first kappa shape index (κ1) is 12.2. The number of nitrogens with one attached hydrogen (secondary N) is 1. The summed E-state index contributed by atoms with van der Waals surface area (Å²) in [7, 11) is 0. The highest BCUT2D eigenvalue weighted by Crippen LogP contribution is 2.27. The van der Waals surface area contributed by atoms with E-state index in [2.05, 4.69) is 5.32 Å². The number of hydrogen-bond donors (Lipinski definition) is 1. The molecule has 1 aliphatic rings. The zero-order valence-electron chi connectivity index (χ0n) is 10.6. The molecule has 1 aromatic heterocycles. The minimum Gasteiger partial charge on any atom is -0.353 e. The van der Waals surface area contributed by atoms with Crippen molar-refractivity contribution in [2.24, 2.45) is 0 Å². The molecule has 0 saturated carbocycles.